The number of anilines is 1. The highest BCUT2D eigenvalue weighted by Crippen LogP contribution is 2.24. The van der Waals surface area contributed by atoms with Crippen LogP contribution in [0.4, 0.5) is 5.82 Å². The van der Waals surface area contributed by atoms with E-state index in [0.717, 1.165) is 31.7 Å². The maximum Gasteiger partial charge on any atom is 0.251 e. The summed E-state index contributed by atoms with van der Waals surface area (Å²) in [4.78, 5) is 13.8. The second-order valence-corrected chi connectivity index (χ2v) is 4.68. The lowest BCUT2D eigenvalue weighted by atomic mass is 10.1. The minimum absolute atomic E-state index is 0.0680. The summed E-state index contributed by atoms with van der Waals surface area (Å²) < 4.78 is 6.72. The normalized spacial score (nSPS) is 17.9. The molecule has 1 amide bonds. The van der Waals surface area contributed by atoms with Crippen molar-refractivity contribution in [3.8, 4) is 0 Å². The Kier molecular flexibility index (Phi) is 4.33. The smallest absolute Gasteiger partial charge is 0.251 e. The minimum atomic E-state index is -0.146. The highest BCUT2D eigenvalue weighted by atomic mass is 16.5. The summed E-state index contributed by atoms with van der Waals surface area (Å²) in [5.41, 5.74) is 0. The van der Waals surface area contributed by atoms with E-state index in [9.17, 15) is 4.79 Å². The van der Waals surface area contributed by atoms with Crippen LogP contribution in [0.5, 0.6) is 0 Å². The van der Waals surface area contributed by atoms with Crippen molar-refractivity contribution in [2.45, 2.75) is 18.9 Å². The molecule has 1 fully saturated rings. The molecule has 6 nitrogen and oxygen atoms in total. The average Bonchev–Trinajstić information content (AvgIpc) is 2.78. The number of amides is 1. The van der Waals surface area contributed by atoms with Crippen molar-refractivity contribution < 1.29 is 9.53 Å². The van der Waals surface area contributed by atoms with Crippen LogP contribution >= 0.6 is 0 Å². The van der Waals surface area contributed by atoms with E-state index in [1.807, 2.05) is 10.7 Å². The molecule has 0 unspecified atom stereocenters. The summed E-state index contributed by atoms with van der Waals surface area (Å²) >= 11 is 0. The fourth-order valence-electron chi connectivity index (χ4n) is 2.25. The lowest BCUT2D eigenvalue weighted by molar-refractivity contribution is -0.119. The van der Waals surface area contributed by atoms with E-state index in [0.29, 0.717) is 6.04 Å². The number of hydrogen-bond donors (Lipinski definition) is 1. The van der Waals surface area contributed by atoms with E-state index >= 15 is 0 Å². The van der Waals surface area contributed by atoms with Crippen LogP contribution < -0.4 is 5.32 Å². The summed E-state index contributed by atoms with van der Waals surface area (Å²) in [6, 6.07) is 2.19. The lowest BCUT2D eigenvalue weighted by Gasteiger charge is -2.29. The molecule has 0 radical (unpaired) electrons. The molecule has 6 heteroatoms. The first-order valence-corrected chi connectivity index (χ1v) is 6.21. The Bertz CT molecular complexity index is 397. The molecule has 1 aliphatic rings. The fourth-order valence-corrected chi connectivity index (χ4v) is 2.25. The van der Waals surface area contributed by atoms with Gasteiger partial charge in [0.15, 0.2) is 0 Å². The van der Waals surface area contributed by atoms with Crippen molar-refractivity contribution >= 4 is 11.7 Å². The Labute approximate surface area is 107 Å². The second kappa shape index (κ2) is 5.97. The predicted molar refractivity (Wildman–Crippen MR) is 68.5 cm³/mol. The van der Waals surface area contributed by atoms with Gasteiger partial charge in [0.05, 0.1) is 12.2 Å². The summed E-state index contributed by atoms with van der Waals surface area (Å²) in [5, 5.41) is 7.14. The van der Waals surface area contributed by atoms with Gasteiger partial charge in [-0.1, -0.05) is 0 Å². The van der Waals surface area contributed by atoms with Gasteiger partial charge in [-0.25, -0.2) is 4.68 Å². The van der Waals surface area contributed by atoms with Gasteiger partial charge >= 0.3 is 0 Å². The molecular weight excluding hydrogens is 232 g/mol. The van der Waals surface area contributed by atoms with Gasteiger partial charge in [-0.05, 0) is 33.0 Å². The molecule has 1 aliphatic heterocycles. The van der Waals surface area contributed by atoms with Gasteiger partial charge in [-0.2, -0.15) is 5.10 Å². The maximum atomic E-state index is 11.5. The third-order valence-corrected chi connectivity index (χ3v) is 3.25. The number of nitrogens with zero attached hydrogens (tertiary/aromatic N) is 3. The molecule has 0 bridgehead atoms. The van der Waals surface area contributed by atoms with Crippen LogP contribution in [-0.4, -0.2) is 54.4 Å². The zero-order chi connectivity index (χ0) is 13.0. The molecule has 2 rings (SSSR count). The molecule has 2 heterocycles. The number of hydrogen-bond acceptors (Lipinski definition) is 4. The second-order valence-electron chi connectivity index (χ2n) is 4.68. The van der Waals surface area contributed by atoms with E-state index < -0.39 is 0 Å². The largest absolute Gasteiger partial charge is 0.375 e. The third kappa shape index (κ3) is 3.08. The molecule has 1 aromatic rings. The molecule has 0 aliphatic carbocycles. The van der Waals surface area contributed by atoms with E-state index in [4.69, 9.17) is 4.74 Å². The van der Waals surface area contributed by atoms with Gasteiger partial charge in [0.2, 0.25) is 0 Å². The Morgan fingerprint density at radius 2 is 2.28 bits per heavy atom. The highest BCUT2D eigenvalue weighted by Gasteiger charge is 2.21. The van der Waals surface area contributed by atoms with Gasteiger partial charge in [0.1, 0.15) is 12.4 Å². The summed E-state index contributed by atoms with van der Waals surface area (Å²) in [7, 11) is 3.63. The first kappa shape index (κ1) is 13.0. The number of nitrogens with one attached hydrogen (secondary N) is 1. The molecule has 18 heavy (non-hydrogen) atoms. The summed E-state index contributed by atoms with van der Waals surface area (Å²) in [6.07, 6.45) is 3.84. The van der Waals surface area contributed by atoms with Crippen LogP contribution in [-0.2, 0) is 9.53 Å². The van der Waals surface area contributed by atoms with Gasteiger partial charge in [-0.15, -0.1) is 0 Å². The molecule has 100 valence electrons. The zero-order valence-electron chi connectivity index (χ0n) is 10.9. The standard InChI is InChI=1S/C12H20N4O2/c1-15-7-4-10(5-8-15)16-11(3-6-13-16)14-12(17)9-18-2/h3,6,10H,4-5,7-9H2,1-2H3,(H,14,17). The number of methoxy groups -OCH3 is 1. The number of rotatable bonds is 4. The van der Waals surface area contributed by atoms with Gasteiger partial charge < -0.3 is 15.0 Å². The van der Waals surface area contributed by atoms with Crippen LogP contribution in [0, 0.1) is 0 Å². The number of carbonyl (C=O) groups excluding carboxylic acids is 1. The lowest BCUT2D eigenvalue weighted by Crippen LogP contribution is -2.32. The van der Waals surface area contributed by atoms with Gasteiger partial charge in [-0.3, -0.25) is 4.79 Å². The quantitative estimate of drug-likeness (QED) is 0.858. The van der Waals surface area contributed by atoms with Crippen molar-refractivity contribution in [1.29, 1.82) is 0 Å². The molecule has 0 aromatic carbocycles. The molecule has 0 atom stereocenters. The van der Waals surface area contributed by atoms with Crippen molar-refractivity contribution in [3.63, 3.8) is 0 Å². The Morgan fingerprint density at radius 3 is 2.94 bits per heavy atom. The topological polar surface area (TPSA) is 59.4 Å². The maximum absolute atomic E-state index is 11.5. The Hall–Kier alpha value is -1.40. The van der Waals surface area contributed by atoms with Crippen LogP contribution in [0.25, 0.3) is 0 Å². The van der Waals surface area contributed by atoms with Gasteiger partial charge in [0, 0.05) is 13.2 Å². The molecule has 1 N–H and O–H groups in total. The highest BCUT2D eigenvalue weighted by molar-refractivity contribution is 5.90. The number of aromatic nitrogens is 2. The monoisotopic (exact) mass is 252 g/mol. The van der Waals surface area contributed by atoms with E-state index in [2.05, 4.69) is 22.4 Å². The first-order valence-electron chi connectivity index (χ1n) is 6.21. The van der Waals surface area contributed by atoms with Crippen molar-refractivity contribution in [1.82, 2.24) is 14.7 Å². The Balaban J connectivity index is 2.01. The fraction of sp³-hybridized carbons (Fsp3) is 0.667. The SMILES string of the molecule is COCC(=O)Nc1ccnn1C1CCN(C)CC1. The van der Waals surface area contributed by atoms with E-state index in [1.165, 1.54) is 7.11 Å². The number of piperidine rings is 1. The van der Waals surface area contributed by atoms with Crippen molar-refractivity contribution in [2.24, 2.45) is 0 Å². The zero-order valence-corrected chi connectivity index (χ0v) is 10.9. The number of likely N-dealkylation sites (tertiary alicyclic amines) is 1. The number of ether oxygens (including phenoxy) is 1. The minimum Gasteiger partial charge on any atom is -0.375 e. The van der Waals surface area contributed by atoms with Crippen LogP contribution in [0.3, 0.4) is 0 Å². The van der Waals surface area contributed by atoms with Crippen molar-refractivity contribution in [3.05, 3.63) is 12.3 Å². The molecular formula is C12H20N4O2. The third-order valence-electron chi connectivity index (χ3n) is 3.25. The average molecular weight is 252 g/mol. The van der Waals surface area contributed by atoms with Crippen LogP contribution in [0.1, 0.15) is 18.9 Å². The number of carbonyl (C=O) groups is 1. The summed E-state index contributed by atoms with van der Waals surface area (Å²) in [5.74, 6) is 0.610. The van der Waals surface area contributed by atoms with E-state index in [1.54, 1.807) is 6.20 Å². The Morgan fingerprint density at radius 1 is 1.56 bits per heavy atom. The predicted octanol–water partition coefficient (Wildman–Crippen LogP) is 0.735. The summed E-state index contributed by atoms with van der Waals surface area (Å²) in [6.45, 7) is 2.20. The van der Waals surface area contributed by atoms with Crippen molar-refractivity contribution in [2.75, 3.05) is 39.2 Å². The first-order chi connectivity index (χ1) is 8.70. The van der Waals surface area contributed by atoms with Crippen LogP contribution in [0.15, 0.2) is 12.3 Å². The van der Waals surface area contributed by atoms with Gasteiger partial charge in [0.25, 0.3) is 5.91 Å². The van der Waals surface area contributed by atoms with Crippen LogP contribution in [0.2, 0.25) is 0 Å². The molecule has 0 spiro atoms. The molecule has 1 saturated heterocycles. The van der Waals surface area contributed by atoms with E-state index in [-0.39, 0.29) is 12.5 Å². The molecule has 1 aromatic heterocycles. The molecule has 0 saturated carbocycles.